The minimum Gasteiger partial charge on any atom is -0.308 e. The second kappa shape index (κ2) is 6.66. The zero-order chi connectivity index (χ0) is 16.2. The molecule has 0 spiro atoms. The number of anilines is 1. The van der Waals surface area contributed by atoms with Crippen LogP contribution in [0.15, 0.2) is 48.8 Å². The molecular formula is C16H16ClN5O. The van der Waals surface area contributed by atoms with Crippen LogP contribution in [0.2, 0.25) is 5.02 Å². The summed E-state index contributed by atoms with van der Waals surface area (Å²) in [6.07, 6.45) is 3.09. The van der Waals surface area contributed by atoms with E-state index in [4.69, 9.17) is 11.6 Å². The monoisotopic (exact) mass is 329 g/mol. The van der Waals surface area contributed by atoms with Crippen LogP contribution in [0, 0.1) is 6.92 Å². The van der Waals surface area contributed by atoms with Gasteiger partial charge in [-0.3, -0.25) is 14.2 Å². The Kier molecular flexibility index (Phi) is 4.43. The first-order valence-electron chi connectivity index (χ1n) is 7.16. The first-order chi connectivity index (χ1) is 11.1. The van der Waals surface area contributed by atoms with Crippen LogP contribution in [0.3, 0.4) is 0 Å². The number of aryl methyl sites for hydroxylation is 1. The van der Waals surface area contributed by atoms with Gasteiger partial charge in [-0.2, -0.15) is 10.2 Å². The van der Waals surface area contributed by atoms with Gasteiger partial charge < -0.3 is 5.32 Å². The van der Waals surface area contributed by atoms with Crippen molar-refractivity contribution in [2.75, 3.05) is 5.32 Å². The van der Waals surface area contributed by atoms with Crippen molar-refractivity contribution < 1.29 is 4.79 Å². The van der Waals surface area contributed by atoms with Crippen LogP contribution in [0.25, 0.3) is 0 Å². The molecule has 0 fully saturated rings. The molecule has 23 heavy (non-hydrogen) atoms. The second-order valence-corrected chi connectivity index (χ2v) is 5.65. The highest BCUT2D eigenvalue weighted by Gasteiger charge is 2.09. The Morgan fingerprint density at radius 1 is 1.30 bits per heavy atom. The molecule has 0 aliphatic rings. The van der Waals surface area contributed by atoms with Crippen LogP contribution in [0.5, 0.6) is 0 Å². The lowest BCUT2D eigenvalue weighted by Gasteiger charge is -2.04. The van der Waals surface area contributed by atoms with Gasteiger partial charge in [-0.1, -0.05) is 41.9 Å². The smallest absolute Gasteiger partial charge is 0.247 e. The van der Waals surface area contributed by atoms with Crippen molar-refractivity contribution in [3.63, 3.8) is 0 Å². The Bertz CT molecular complexity index is 809. The number of carbonyl (C=O) groups excluding carboxylic acids is 1. The van der Waals surface area contributed by atoms with Crippen molar-refractivity contribution in [1.29, 1.82) is 0 Å². The Labute approximate surface area is 138 Å². The summed E-state index contributed by atoms with van der Waals surface area (Å²) < 4.78 is 3.33. The fourth-order valence-corrected chi connectivity index (χ4v) is 2.40. The van der Waals surface area contributed by atoms with Crippen molar-refractivity contribution in [3.05, 3.63) is 65.1 Å². The molecule has 118 valence electrons. The Morgan fingerprint density at radius 3 is 2.78 bits per heavy atom. The number of carbonyl (C=O) groups is 1. The topological polar surface area (TPSA) is 64.7 Å². The molecule has 0 radical (unpaired) electrons. The fourth-order valence-electron chi connectivity index (χ4n) is 2.24. The highest BCUT2D eigenvalue weighted by Crippen LogP contribution is 2.11. The molecule has 2 aromatic heterocycles. The summed E-state index contributed by atoms with van der Waals surface area (Å²) in [6.45, 7) is 2.72. The lowest BCUT2D eigenvalue weighted by molar-refractivity contribution is -0.116. The molecule has 6 nitrogen and oxygen atoms in total. The Hall–Kier alpha value is -2.60. The van der Waals surface area contributed by atoms with E-state index in [1.165, 1.54) is 10.9 Å². The molecule has 0 saturated heterocycles. The molecule has 0 bridgehead atoms. The molecule has 0 aliphatic carbocycles. The maximum atomic E-state index is 12.0. The van der Waals surface area contributed by atoms with E-state index in [1.807, 2.05) is 48.0 Å². The van der Waals surface area contributed by atoms with E-state index in [9.17, 15) is 4.79 Å². The average molecular weight is 330 g/mol. The molecule has 0 unspecified atom stereocenters. The minimum atomic E-state index is -0.200. The van der Waals surface area contributed by atoms with Crippen molar-refractivity contribution >= 4 is 23.3 Å². The van der Waals surface area contributed by atoms with Gasteiger partial charge in [0.2, 0.25) is 5.91 Å². The van der Waals surface area contributed by atoms with Crippen molar-refractivity contribution in [1.82, 2.24) is 19.6 Å². The predicted octanol–water partition coefficient (Wildman–Crippen LogP) is 2.73. The lowest BCUT2D eigenvalue weighted by Crippen LogP contribution is -2.19. The first-order valence-corrected chi connectivity index (χ1v) is 7.54. The summed E-state index contributed by atoms with van der Waals surface area (Å²) in [5, 5.41) is 11.7. The third-order valence-electron chi connectivity index (χ3n) is 3.33. The molecule has 2 heterocycles. The van der Waals surface area contributed by atoms with Gasteiger partial charge in [0.05, 0.1) is 17.8 Å². The number of aromatic nitrogens is 4. The van der Waals surface area contributed by atoms with E-state index in [0.29, 0.717) is 17.4 Å². The first kappa shape index (κ1) is 15.3. The number of halogens is 1. The van der Waals surface area contributed by atoms with Gasteiger partial charge in [-0.25, -0.2) is 0 Å². The van der Waals surface area contributed by atoms with Gasteiger partial charge in [0.1, 0.15) is 6.54 Å². The summed E-state index contributed by atoms with van der Waals surface area (Å²) in [4.78, 5) is 12.0. The van der Waals surface area contributed by atoms with Crippen molar-refractivity contribution in [2.45, 2.75) is 20.0 Å². The number of nitrogens with one attached hydrogen (secondary N) is 1. The van der Waals surface area contributed by atoms with Crippen LogP contribution in [-0.4, -0.2) is 25.5 Å². The minimum absolute atomic E-state index is 0.0946. The van der Waals surface area contributed by atoms with Crippen LogP contribution >= 0.6 is 11.6 Å². The quantitative estimate of drug-likeness (QED) is 0.782. The van der Waals surface area contributed by atoms with Crippen LogP contribution in [-0.2, 0) is 17.9 Å². The normalized spacial score (nSPS) is 10.7. The summed E-state index contributed by atoms with van der Waals surface area (Å²) in [5.74, 6) is 0.329. The Morgan fingerprint density at radius 2 is 2.09 bits per heavy atom. The molecule has 0 saturated carbocycles. The zero-order valence-corrected chi connectivity index (χ0v) is 13.4. The van der Waals surface area contributed by atoms with Gasteiger partial charge in [0, 0.05) is 18.0 Å². The summed E-state index contributed by atoms with van der Waals surface area (Å²) in [7, 11) is 0. The van der Waals surface area contributed by atoms with Gasteiger partial charge in [0.15, 0.2) is 5.82 Å². The maximum absolute atomic E-state index is 12.0. The zero-order valence-electron chi connectivity index (χ0n) is 12.6. The largest absolute Gasteiger partial charge is 0.308 e. The third kappa shape index (κ3) is 3.98. The van der Waals surface area contributed by atoms with Gasteiger partial charge in [-0.15, -0.1) is 0 Å². The molecule has 1 N–H and O–H groups in total. The lowest BCUT2D eigenvalue weighted by atomic mass is 10.2. The van der Waals surface area contributed by atoms with Crippen LogP contribution < -0.4 is 5.32 Å². The van der Waals surface area contributed by atoms with E-state index >= 15 is 0 Å². The van der Waals surface area contributed by atoms with Crippen LogP contribution in [0.1, 0.15) is 11.3 Å². The molecule has 7 heteroatoms. The summed E-state index contributed by atoms with van der Waals surface area (Å²) in [5.41, 5.74) is 2.13. The molecule has 1 amide bonds. The highest BCUT2D eigenvalue weighted by molar-refractivity contribution is 6.30. The molecule has 0 aliphatic heterocycles. The fraction of sp³-hybridized carbons (Fsp3) is 0.188. The number of amides is 1. The SMILES string of the molecule is Cc1cc(NC(=O)Cn2cc(Cl)cn2)nn1Cc1ccccc1. The molecule has 3 aromatic rings. The molecule has 3 rings (SSSR count). The standard InChI is InChI=1S/C16H16ClN5O/c1-12-7-15(19-16(23)11-21-10-14(17)8-18-21)20-22(12)9-13-5-3-2-4-6-13/h2-8,10H,9,11H2,1H3,(H,19,20,23). The summed E-state index contributed by atoms with van der Waals surface area (Å²) >= 11 is 5.77. The number of rotatable bonds is 5. The van der Waals surface area contributed by atoms with Gasteiger partial charge >= 0.3 is 0 Å². The molecule has 1 aromatic carbocycles. The number of benzene rings is 1. The van der Waals surface area contributed by atoms with E-state index < -0.39 is 0 Å². The molecular weight excluding hydrogens is 314 g/mol. The van der Waals surface area contributed by atoms with Crippen LogP contribution in [0.4, 0.5) is 5.82 Å². The van der Waals surface area contributed by atoms with E-state index in [2.05, 4.69) is 15.5 Å². The molecule has 0 atom stereocenters. The average Bonchev–Trinajstić information content (AvgIpc) is 3.06. The summed E-state index contributed by atoms with van der Waals surface area (Å²) in [6, 6.07) is 11.9. The van der Waals surface area contributed by atoms with E-state index in [-0.39, 0.29) is 12.5 Å². The van der Waals surface area contributed by atoms with Crippen molar-refractivity contribution in [2.24, 2.45) is 0 Å². The van der Waals surface area contributed by atoms with E-state index in [0.717, 1.165) is 11.3 Å². The predicted molar refractivity (Wildman–Crippen MR) is 88.4 cm³/mol. The highest BCUT2D eigenvalue weighted by atomic mass is 35.5. The Balaban J connectivity index is 1.65. The van der Waals surface area contributed by atoms with Crippen molar-refractivity contribution in [3.8, 4) is 0 Å². The number of nitrogens with zero attached hydrogens (tertiary/aromatic N) is 4. The number of hydrogen-bond donors (Lipinski definition) is 1. The third-order valence-corrected chi connectivity index (χ3v) is 3.53. The number of hydrogen-bond acceptors (Lipinski definition) is 3. The van der Waals surface area contributed by atoms with Gasteiger partial charge in [0.25, 0.3) is 0 Å². The van der Waals surface area contributed by atoms with Gasteiger partial charge in [-0.05, 0) is 12.5 Å². The second-order valence-electron chi connectivity index (χ2n) is 5.22. The maximum Gasteiger partial charge on any atom is 0.247 e. The van der Waals surface area contributed by atoms with E-state index in [1.54, 1.807) is 6.20 Å².